The maximum Gasteiger partial charge on any atom is 0.321 e. The van der Waals surface area contributed by atoms with Gasteiger partial charge in [0, 0.05) is 22.8 Å². The average molecular weight is 408 g/mol. The Bertz CT molecular complexity index is 739. The zero-order valence-corrected chi connectivity index (χ0v) is 16.7. The number of hydrogen-bond acceptors (Lipinski definition) is 5. The molecule has 7 nitrogen and oxygen atoms in total. The van der Waals surface area contributed by atoms with Crippen molar-refractivity contribution in [2.75, 3.05) is 20.6 Å². The lowest BCUT2D eigenvalue weighted by molar-refractivity contribution is -0.144. The minimum atomic E-state index is -1.29. The molecular weight excluding hydrogens is 382 g/mol. The molecule has 28 heavy (non-hydrogen) atoms. The van der Waals surface area contributed by atoms with E-state index in [4.69, 9.17) is 27.5 Å². The summed E-state index contributed by atoms with van der Waals surface area (Å²) in [6, 6.07) is 12.9. The van der Waals surface area contributed by atoms with Crippen LogP contribution >= 0.6 is 11.6 Å². The Labute approximate surface area is 169 Å². The van der Waals surface area contributed by atoms with Crippen molar-refractivity contribution in [1.29, 1.82) is 0 Å². The molecule has 1 heterocycles. The third-order valence-electron chi connectivity index (χ3n) is 3.89. The maximum absolute atomic E-state index is 9.85. The summed E-state index contributed by atoms with van der Waals surface area (Å²) in [7, 11) is 4.19. The highest BCUT2D eigenvalue weighted by Gasteiger charge is 2.15. The summed E-state index contributed by atoms with van der Waals surface area (Å²) in [5.41, 5.74) is 7.22. The Morgan fingerprint density at radius 1 is 1.14 bits per heavy atom. The van der Waals surface area contributed by atoms with E-state index in [1.165, 1.54) is 5.56 Å². The van der Waals surface area contributed by atoms with Crippen molar-refractivity contribution in [3.05, 3.63) is 64.9 Å². The fraction of sp³-hybridized carbons (Fsp3) is 0.350. The highest BCUT2D eigenvalue weighted by Crippen LogP contribution is 2.27. The Morgan fingerprint density at radius 3 is 2.21 bits per heavy atom. The van der Waals surface area contributed by atoms with Gasteiger partial charge in [0.2, 0.25) is 0 Å². The van der Waals surface area contributed by atoms with Crippen molar-refractivity contribution >= 4 is 23.5 Å². The number of aromatic nitrogens is 1. The monoisotopic (exact) mass is 407 g/mol. The van der Waals surface area contributed by atoms with Crippen LogP contribution < -0.4 is 5.73 Å². The molecule has 0 aliphatic carbocycles. The largest absolute Gasteiger partial charge is 0.481 e. The highest BCUT2D eigenvalue weighted by molar-refractivity contribution is 6.30. The Balaban J connectivity index is 0.000000370. The third kappa shape index (κ3) is 8.94. The van der Waals surface area contributed by atoms with Crippen LogP contribution in [-0.4, -0.2) is 58.7 Å². The summed E-state index contributed by atoms with van der Waals surface area (Å²) in [5.74, 6) is -2.18. The summed E-state index contributed by atoms with van der Waals surface area (Å²) in [6.45, 7) is 1.03. The first-order valence-corrected chi connectivity index (χ1v) is 9.09. The molecule has 2 rings (SSSR count). The topological polar surface area (TPSA) is 117 Å². The van der Waals surface area contributed by atoms with Crippen LogP contribution in [0, 0.1) is 0 Å². The van der Waals surface area contributed by atoms with Gasteiger partial charge in [0.05, 0.1) is 6.42 Å². The quantitative estimate of drug-likeness (QED) is 0.615. The lowest BCUT2D eigenvalue weighted by Gasteiger charge is -2.19. The minimum absolute atomic E-state index is 0.320. The normalized spacial score (nSPS) is 12.6. The van der Waals surface area contributed by atoms with Crippen LogP contribution in [0.5, 0.6) is 0 Å². The first-order chi connectivity index (χ1) is 13.2. The third-order valence-corrected chi connectivity index (χ3v) is 4.15. The molecule has 1 aromatic heterocycles. The average Bonchev–Trinajstić information content (AvgIpc) is 2.64. The van der Waals surface area contributed by atoms with E-state index in [2.05, 4.69) is 42.2 Å². The molecular formula is C20H26ClN3O4. The van der Waals surface area contributed by atoms with Crippen molar-refractivity contribution < 1.29 is 19.8 Å². The van der Waals surface area contributed by atoms with Crippen molar-refractivity contribution in [1.82, 2.24) is 9.88 Å². The summed E-state index contributed by atoms with van der Waals surface area (Å²) in [5, 5.41) is 16.8. The predicted molar refractivity (Wildman–Crippen MR) is 109 cm³/mol. The van der Waals surface area contributed by atoms with Crippen molar-refractivity contribution in [2.24, 2.45) is 5.73 Å². The summed E-state index contributed by atoms with van der Waals surface area (Å²) in [6.07, 6.45) is 2.37. The first kappa shape index (κ1) is 23.6. The number of hydrogen-bond donors (Lipinski definition) is 3. The van der Waals surface area contributed by atoms with Crippen LogP contribution in [0.15, 0.2) is 48.7 Å². The van der Waals surface area contributed by atoms with E-state index >= 15 is 0 Å². The second-order valence-corrected chi connectivity index (χ2v) is 6.93. The fourth-order valence-corrected chi connectivity index (χ4v) is 2.55. The molecule has 8 heteroatoms. The number of benzene rings is 1. The van der Waals surface area contributed by atoms with Gasteiger partial charge < -0.3 is 20.8 Å². The van der Waals surface area contributed by atoms with Gasteiger partial charge in [-0.25, -0.2) is 0 Å². The molecule has 2 aromatic rings. The molecule has 4 N–H and O–H groups in total. The van der Waals surface area contributed by atoms with Crippen LogP contribution in [0.2, 0.25) is 5.02 Å². The molecule has 0 saturated heterocycles. The van der Waals surface area contributed by atoms with Gasteiger partial charge in [0.25, 0.3) is 0 Å². The van der Waals surface area contributed by atoms with Gasteiger partial charge in [-0.05, 0) is 56.9 Å². The number of rotatable bonds is 8. The van der Waals surface area contributed by atoms with Crippen LogP contribution in [0.4, 0.5) is 0 Å². The molecule has 0 saturated carbocycles. The number of aliphatic carboxylic acids is 2. The summed E-state index contributed by atoms with van der Waals surface area (Å²) >= 11 is 5.97. The molecule has 1 aromatic carbocycles. The number of carbonyl (C=O) groups is 2. The second kappa shape index (κ2) is 12.1. The lowest BCUT2D eigenvalue weighted by atomic mass is 9.92. The minimum Gasteiger partial charge on any atom is -0.481 e. The molecule has 0 radical (unpaired) electrons. The standard InChI is InChI=1S/C16H19ClN2.C4H7NO4/c1-19(2)12-10-15(16-5-3-4-11-18-16)13-6-8-14(17)9-7-13;5-2(4(8)9)1-3(6)7/h3-9,11,15H,10,12H2,1-2H3;2H,1,5H2,(H,6,7)(H,8,9). The summed E-state index contributed by atoms with van der Waals surface area (Å²) < 4.78 is 0. The Kier molecular flexibility index (Phi) is 10.2. The molecule has 0 spiro atoms. The molecule has 0 amide bonds. The van der Waals surface area contributed by atoms with E-state index in [0.29, 0.717) is 5.92 Å². The van der Waals surface area contributed by atoms with Gasteiger partial charge in [-0.3, -0.25) is 14.6 Å². The second-order valence-electron chi connectivity index (χ2n) is 6.49. The van der Waals surface area contributed by atoms with Crippen molar-refractivity contribution in [3.63, 3.8) is 0 Å². The Morgan fingerprint density at radius 2 is 1.79 bits per heavy atom. The lowest BCUT2D eigenvalue weighted by Crippen LogP contribution is -2.32. The maximum atomic E-state index is 9.85. The summed E-state index contributed by atoms with van der Waals surface area (Å²) in [4.78, 5) is 26.3. The van der Waals surface area contributed by atoms with Gasteiger partial charge in [-0.15, -0.1) is 0 Å². The molecule has 0 fully saturated rings. The van der Waals surface area contributed by atoms with E-state index in [1.807, 2.05) is 30.5 Å². The number of nitrogens with zero attached hydrogens (tertiary/aromatic N) is 2. The molecule has 2 atom stereocenters. The van der Waals surface area contributed by atoms with E-state index in [0.717, 1.165) is 23.7 Å². The van der Waals surface area contributed by atoms with Gasteiger partial charge in [-0.2, -0.15) is 0 Å². The molecule has 0 aliphatic heterocycles. The van der Waals surface area contributed by atoms with Crippen molar-refractivity contribution in [3.8, 4) is 0 Å². The van der Waals surface area contributed by atoms with Gasteiger partial charge in [0.1, 0.15) is 6.04 Å². The fourth-order valence-electron chi connectivity index (χ4n) is 2.43. The molecule has 0 bridgehead atoms. The smallest absolute Gasteiger partial charge is 0.321 e. The van der Waals surface area contributed by atoms with E-state index in [1.54, 1.807) is 0 Å². The van der Waals surface area contributed by atoms with Gasteiger partial charge in [-0.1, -0.05) is 29.8 Å². The van der Waals surface area contributed by atoms with Gasteiger partial charge in [0.15, 0.2) is 0 Å². The van der Waals surface area contributed by atoms with E-state index in [9.17, 15) is 9.59 Å². The predicted octanol–water partition coefficient (Wildman–Crippen LogP) is 2.69. The van der Waals surface area contributed by atoms with Crippen LogP contribution in [0.25, 0.3) is 0 Å². The number of nitrogens with two attached hydrogens (primary N) is 1. The number of pyridine rings is 1. The van der Waals surface area contributed by atoms with Crippen LogP contribution in [0.1, 0.15) is 30.0 Å². The Hall–Kier alpha value is -2.48. The molecule has 0 aliphatic rings. The highest BCUT2D eigenvalue weighted by atomic mass is 35.5. The van der Waals surface area contributed by atoms with Crippen LogP contribution in [0.3, 0.4) is 0 Å². The molecule has 152 valence electrons. The number of carboxylic acid groups (broad SMARTS) is 2. The van der Waals surface area contributed by atoms with Crippen molar-refractivity contribution in [2.45, 2.75) is 24.8 Å². The van der Waals surface area contributed by atoms with Crippen LogP contribution in [-0.2, 0) is 9.59 Å². The van der Waals surface area contributed by atoms with E-state index < -0.39 is 24.4 Å². The molecule has 2 unspecified atom stereocenters. The number of halogens is 1. The zero-order chi connectivity index (χ0) is 21.1. The van der Waals surface area contributed by atoms with Gasteiger partial charge >= 0.3 is 11.9 Å². The van der Waals surface area contributed by atoms with E-state index in [-0.39, 0.29) is 0 Å². The number of carboxylic acids is 2. The zero-order valence-electron chi connectivity index (χ0n) is 16.0. The SMILES string of the molecule is CN(C)CCC(c1ccc(Cl)cc1)c1ccccn1.NC(CC(=O)O)C(=O)O. The first-order valence-electron chi connectivity index (χ1n) is 8.72.